The summed E-state index contributed by atoms with van der Waals surface area (Å²) in [5.41, 5.74) is 1.12. The number of ether oxygens (including phenoxy) is 1. The minimum absolute atomic E-state index is 0.0526. The van der Waals surface area contributed by atoms with Gasteiger partial charge in [-0.25, -0.2) is 4.79 Å². The summed E-state index contributed by atoms with van der Waals surface area (Å²) in [6, 6.07) is 5.45. The quantitative estimate of drug-likeness (QED) is 0.658. The maximum Gasteiger partial charge on any atom is 0.373 e. The number of esters is 1. The molecule has 6 heteroatoms. The molecule has 0 saturated heterocycles. The molecule has 1 atom stereocenters. The molecular weight excluding hydrogens is 365 g/mol. The fourth-order valence-corrected chi connectivity index (χ4v) is 3.06. The standard InChI is InChI=1S/C12H12INO3S/c1-14-11(7-5-10(13)18-6-7)8-3-4-9(17-8)12(15)16-2/h3-6,11,14H,1-2H3. The molecule has 0 aliphatic heterocycles. The SMILES string of the molecule is CNC(c1csc(I)c1)c1ccc(C(=O)OC)o1. The number of carbonyl (C=O) groups excluding carboxylic acids is 1. The molecule has 4 nitrogen and oxygen atoms in total. The van der Waals surface area contributed by atoms with Crippen molar-refractivity contribution in [2.45, 2.75) is 6.04 Å². The van der Waals surface area contributed by atoms with Gasteiger partial charge < -0.3 is 14.5 Å². The molecule has 0 radical (unpaired) electrons. The lowest BCUT2D eigenvalue weighted by Gasteiger charge is -2.11. The first-order valence-electron chi connectivity index (χ1n) is 5.25. The van der Waals surface area contributed by atoms with E-state index in [-0.39, 0.29) is 11.8 Å². The van der Waals surface area contributed by atoms with Crippen LogP contribution in [0.25, 0.3) is 0 Å². The summed E-state index contributed by atoms with van der Waals surface area (Å²) >= 11 is 3.95. The zero-order chi connectivity index (χ0) is 13.1. The summed E-state index contributed by atoms with van der Waals surface area (Å²) in [5.74, 6) is 0.459. The van der Waals surface area contributed by atoms with Crippen molar-refractivity contribution in [1.29, 1.82) is 0 Å². The molecule has 0 aliphatic carbocycles. The van der Waals surface area contributed by atoms with Crippen LogP contribution >= 0.6 is 33.9 Å². The lowest BCUT2D eigenvalue weighted by Crippen LogP contribution is -2.16. The molecule has 2 heterocycles. The Morgan fingerprint density at radius 1 is 1.56 bits per heavy atom. The van der Waals surface area contributed by atoms with E-state index in [1.165, 1.54) is 9.99 Å². The normalized spacial score (nSPS) is 12.4. The van der Waals surface area contributed by atoms with Crippen molar-refractivity contribution in [1.82, 2.24) is 5.32 Å². The van der Waals surface area contributed by atoms with Gasteiger partial charge in [-0.1, -0.05) is 0 Å². The zero-order valence-corrected chi connectivity index (χ0v) is 12.9. The number of hydrogen-bond acceptors (Lipinski definition) is 5. The molecule has 2 aromatic rings. The van der Waals surface area contributed by atoms with Gasteiger partial charge in [0.05, 0.1) is 16.0 Å². The van der Waals surface area contributed by atoms with E-state index in [9.17, 15) is 4.79 Å². The van der Waals surface area contributed by atoms with Gasteiger partial charge in [0.25, 0.3) is 0 Å². The van der Waals surface area contributed by atoms with Crippen LogP contribution in [0.5, 0.6) is 0 Å². The largest absolute Gasteiger partial charge is 0.463 e. The Balaban J connectivity index is 2.28. The molecule has 96 valence electrons. The monoisotopic (exact) mass is 377 g/mol. The highest BCUT2D eigenvalue weighted by molar-refractivity contribution is 14.1. The van der Waals surface area contributed by atoms with E-state index in [0.717, 1.165) is 5.56 Å². The number of methoxy groups -OCH3 is 1. The maximum absolute atomic E-state index is 11.3. The summed E-state index contributed by atoms with van der Waals surface area (Å²) < 4.78 is 11.3. The summed E-state index contributed by atoms with van der Waals surface area (Å²) in [5, 5.41) is 5.25. The van der Waals surface area contributed by atoms with Gasteiger partial charge in [0.1, 0.15) is 5.76 Å². The third-order valence-corrected chi connectivity index (χ3v) is 4.31. The lowest BCUT2D eigenvalue weighted by atomic mass is 10.1. The third kappa shape index (κ3) is 2.76. The molecule has 0 aromatic carbocycles. The van der Waals surface area contributed by atoms with E-state index in [1.807, 2.05) is 7.05 Å². The third-order valence-electron chi connectivity index (χ3n) is 2.51. The van der Waals surface area contributed by atoms with Crippen molar-refractivity contribution in [3.8, 4) is 0 Å². The number of halogens is 1. The summed E-state index contributed by atoms with van der Waals surface area (Å²) in [7, 11) is 3.19. The second-order valence-corrected chi connectivity index (χ2v) is 6.40. The summed E-state index contributed by atoms with van der Waals surface area (Å²) in [6.45, 7) is 0. The smallest absolute Gasteiger partial charge is 0.373 e. The van der Waals surface area contributed by atoms with Crippen LogP contribution < -0.4 is 5.32 Å². The average Bonchev–Trinajstić information content (AvgIpc) is 2.99. The van der Waals surface area contributed by atoms with Crippen LogP contribution in [-0.2, 0) is 4.74 Å². The van der Waals surface area contributed by atoms with Crippen molar-refractivity contribution in [2.75, 3.05) is 14.2 Å². The minimum atomic E-state index is -0.462. The van der Waals surface area contributed by atoms with E-state index < -0.39 is 5.97 Å². The van der Waals surface area contributed by atoms with E-state index >= 15 is 0 Å². The lowest BCUT2D eigenvalue weighted by molar-refractivity contribution is 0.0562. The first kappa shape index (κ1) is 13.6. The van der Waals surface area contributed by atoms with Gasteiger partial charge >= 0.3 is 5.97 Å². The molecule has 0 spiro atoms. The highest BCUT2D eigenvalue weighted by Gasteiger charge is 2.19. The number of hydrogen-bond donors (Lipinski definition) is 1. The molecule has 2 rings (SSSR count). The molecule has 0 bridgehead atoms. The van der Waals surface area contributed by atoms with Gasteiger partial charge in [-0.3, -0.25) is 0 Å². The van der Waals surface area contributed by atoms with Crippen molar-refractivity contribution >= 4 is 39.9 Å². The second-order valence-electron chi connectivity index (χ2n) is 3.60. The number of thiophene rings is 1. The Bertz CT molecular complexity index is 549. The van der Waals surface area contributed by atoms with Crippen LogP contribution in [0.1, 0.15) is 27.9 Å². The first-order valence-corrected chi connectivity index (χ1v) is 7.20. The van der Waals surface area contributed by atoms with Crippen molar-refractivity contribution in [2.24, 2.45) is 0 Å². The molecule has 0 aliphatic rings. The number of furan rings is 1. The first-order chi connectivity index (χ1) is 8.65. The van der Waals surface area contributed by atoms with Crippen LogP contribution in [-0.4, -0.2) is 20.1 Å². The fraction of sp³-hybridized carbons (Fsp3) is 0.250. The average molecular weight is 377 g/mol. The van der Waals surface area contributed by atoms with Gasteiger partial charge in [0.2, 0.25) is 5.76 Å². The van der Waals surface area contributed by atoms with E-state index in [1.54, 1.807) is 23.5 Å². The molecule has 0 amide bonds. The zero-order valence-electron chi connectivity index (χ0n) is 9.90. The Morgan fingerprint density at radius 3 is 2.89 bits per heavy atom. The van der Waals surface area contributed by atoms with Gasteiger partial charge in [0.15, 0.2) is 0 Å². The minimum Gasteiger partial charge on any atom is -0.463 e. The Morgan fingerprint density at radius 2 is 2.33 bits per heavy atom. The fourth-order valence-electron chi connectivity index (χ4n) is 1.67. The van der Waals surface area contributed by atoms with Gasteiger partial charge in [0, 0.05) is 0 Å². The predicted octanol–water partition coefficient (Wildman–Crippen LogP) is 3.04. The Hall–Kier alpha value is -0.860. The van der Waals surface area contributed by atoms with Crippen molar-refractivity contribution in [3.05, 3.63) is 43.5 Å². The Labute approximate surface area is 122 Å². The topological polar surface area (TPSA) is 51.5 Å². The molecule has 1 N–H and O–H groups in total. The van der Waals surface area contributed by atoms with Crippen LogP contribution in [0.3, 0.4) is 0 Å². The number of nitrogens with one attached hydrogen (secondary N) is 1. The van der Waals surface area contributed by atoms with Crippen LogP contribution in [0.2, 0.25) is 0 Å². The number of rotatable bonds is 4. The number of carbonyl (C=O) groups is 1. The highest BCUT2D eigenvalue weighted by Crippen LogP contribution is 2.28. The molecule has 2 aromatic heterocycles. The predicted molar refractivity (Wildman–Crippen MR) is 78.0 cm³/mol. The van der Waals surface area contributed by atoms with Crippen molar-refractivity contribution < 1.29 is 13.9 Å². The summed E-state index contributed by atoms with van der Waals surface area (Å²) in [6.07, 6.45) is 0. The van der Waals surface area contributed by atoms with Gasteiger partial charge in [-0.15, -0.1) is 11.3 Å². The molecule has 0 saturated carbocycles. The van der Waals surface area contributed by atoms with E-state index in [4.69, 9.17) is 4.42 Å². The maximum atomic E-state index is 11.3. The molecule has 1 unspecified atom stereocenters. The van der Waals surface area contributed by atoms with Gasteiger partial charge in [-0.05, 0) is 58.8 Å². The van der Waals surface area contributed by atoms with Crippen molar-refractivity contribution in [3.63, 3.8) is 0 Å². The van der Waals surface area contributed by atoms with Crippen LogP contribution in [0, 0.1) is 2.88 Å². The van der Waals surface area contributed by atoms with Gasteiger partial charge in [-0.2, -0.15) is 0 Å². The van der Waals surface area contributed by atoms with E-state index in [2.05, 4.69) is 44.1 Å². The van der Waals surface area contributed by atoms with Crippen LogP contribution in [0.15, 0.2) is 28.0 Å². The highest BCUT2D eigenvalue weighted by atomic mass is 127. The molecule has 18 heavy (non-hydrogen) atoms. The summed E-state index contributed by atoms with van der Waals surface area (Å²) in [4.78, 5) is 11.3. The molecule has 0 fully saturated rings. The second kappa shape index (κ2) is 5.85. The molecular formula is C12H12INO3S. The Kier molecular flexibility index (Phi) is 4.41. The van der Waals surface area contributed by atoms with Crippen LogP contribution in [0.4, 0.5) is 0 Å². The van der Waals surface area contributed by atoms with E-state index in [0.29, 0.717) is 5.76 Å².